The summed E-state index contributed by atoms with van der Waals surface area (Å²) in [6.07, 6.45) is -1.47. The molecule has 0 aliphatic heterocycles. The van der Waals surface area contributed by atoms with Crippen molar-refractivity contribution in [3.8, 4) is 5.75 Å². The van der Waals surface area contributed by atoms with Crippen LogP contribution >= 0.6 is 11.6 Å². The number of hydrogen-bond acceptors (Lipinski definition) is 4. The molecule has 0 saturated carbocycles. The molecule has 1 atom stereocenters. The minimum atomic E-state index is -1.47. The first-order valence-electron chi connectivity index (χ1n) is 4.81. The van der Waals surface area contributed by atoms with E-state index in [0.717, 1.165) is 0 Å². The third kappa shape index (κ3) is 2.46. The number of esters is 1. The van der Waals surface area contributed by atoms with Crippen molar-refractivity contribution >= 4 is 17.6 Å². The third-order valence-electron chi connectivity index (χ3n) is 2.15. The molecule has 1 aromatic rings. The zero-order valence-corrected chi connectivity index (χ0v) is 9.78. The fourth-order valence-electron chi connectivity index (χ4n) is 1.24. The molecule has 0 spiro atoms. The Labute approximate surface area is 98.4 Å². The Hall–Kier alpha value is -1.26. The second-order valence-electron chi connectivity index (χ2n) is 3.29. The van der Waals surface area contributed by atoms with Crippen molar-refractivity contribution in [2.45, 2.75) is 20.0 Å². The number of aryl methyl sites for hydroxylation is 1. The molecule has 2 N–H and O–H groups in total. The fraction of sp³-hybridized carbons (Fsp3) is 0.364. The first-order chi connectivity index (χ1) is 7.49. The fourth-order valence-corrected chi connectivity index (χ4v) is 1.55. The summed E-state index contributed by atoms with van der Waals surface area (Å²) in [4.78, 5) is 11.3. The maximum Gasteiger partial charge on any atom is 0.339 e. The van der Waals surface area contributed by atoms with Gasteiger partial charge in [-0.2, -0.15) is 0 Å². The van der Waals surface area contributed by atoms with Crippen LogP contribution in [0.25, 0.3) is 0 Å². The topological polar surface area (TPSA) is 66.8 Å². The van der Waals surface area contributed by atoms with Crippen LogP contribution in [-0.4, -0.2) is 22.8 Å². The molecule has 1 aromatic carbocycles. The Morgan fingerprint density at radius 3 is 2.75 bits per heavy atom. The molecule has 1 rings (SSSR count). The highest BCUT2D eigenvalue weighted by molar-refractivity contribution is 6.33. The van der Waals surface area contributed by atoms with E-state index in [1.807, 2.05) is 0 Å². The summed E-state index contributed by atoms with van der Waals surface area (Å²) in [6, 6.07) is 3.05. The highest BCUT2D eigenvalue weighted by Gasteiger charge is 2.23. The molecule has 0 radical (unpaired) electrons. The van der Waals surface area contributed by atoms with Gasteiger partial charge in [-0.05, 0) is 19.4 Å². The van der Waals surface area contributed by atoms with Gasteiger partial charge in [-0.25, -0.2) is 4.79 Å². The largest absolute Gasteiger partial charge is 0.506 e. The van der Waals surface area contributed by atoms with Crippen LogP contribution in [0.4, 0.5) is 0 Å². The molecule has 88 valence electrons. The molecule has 1 unspecified atom stereocenters. The van der Waals surface area contributed by atoms with Crippen molar-refractivity contribution in [1.29, 1.82) is 0 Å². The van der Waals surface area contributed by atoms with Crippen LogP contribution < -0.4 is 0 Å². The van der Waals surface area contributed by atoms with E-state index < -0.39 is 12.1 Å². The Kier molecular flexibility index (Phi) is 4.15. The van der Waals surface area contributed by atoms with E-state index in [1.165, 1.54) is 6.07 Å². The molecule has 0 amide bonds. The van der Waals surface area contributed by atoms with Crippen molar-refractivity contribution in [2.75, 3.05) is 6.61 Å². The highest BCUT2D eigenvalue weighted by Crippen LogP contribution is 2.34. The Morgan fingerprint density at radius 1 is 1.56 bits per heavy atom. The molecule has 0 aromatic heterocycles. The summed E-state index contributed by atoms with van der Waals surface area (Å²) in [5.41, 5.74) is 0.716. The van der Waals surface area contributed by atoms with Crippen molar-refractivity contribution in [3.63, 3.8) is 0 Å². The summed E-state index contributed by atoms with van der Waals surface area (Å²) in [6.45, 7) is 3.48. The van der Waals surface area contributed by atoms with E-state index in [0.29, 0.717) is 5.56 Å². The maximum absolute atomic E-state index is 11.3. The van der Waals surface area contributed by atoms with Crippen LogP contribution in [0.5, 0.6) is 5.75 Å². The number of ether oxygens (including phenoxy) is 1. The number of benzene rings is 1. The van der Waals surface area contributed by atoms with E-state index >= 15 is 0 Å². The zero-order chi connectivity index (χ0) is 12.3. The normalized spacial score (nSPS) is 12.2. The van der Waals surface area contributed by atoms with Gasteiger partial charge in [-0.15, -0.1) is 0 Å². The molecule has 4 nitrogen and oxygen atoms in total. The van der Waals surface area contributed by atoms with E-state index in [-0.39, 0.29) is 22.9 Å². The minimum Gasteiger partial charge on any atom is -0.506 e. The average molecular weight is 245 g/mol. The van der Waals surface area contributed by atoms with Gasteiger partial charge in [0.25, 0.3) is 0 Å². The predicted octanol–water partition coefficient (Wildman–Crippen LogP) is 1.95. The van der Waals surface area contributed by atoms with Gasteiger partial charge in [0.05, 0.1) is 11.6 Å². The van der Waals surface area contributed by atoms with Crippen molar-refractivity contribution in [3.05, 3.63) is 28.3 Å². The van der Waals surface area contributed by atoms with Gasteiger partial charge < -0.3 is 14.9 Å². The first-order valence-corrected chi connectivity index (χ1v) is 5.19. The van der Waals surface area contributed by atoms with Crippen LogP contribution in [0.2, 0.25) is 5.02 Å². The number of aromatic hydroxyl groups is 1. The molecule has 5 heteroatoms. The van der Waals surface area contributed by atoms with Crippen molar-refractivity contribution in [2.24, 2.45) is 0 Å². The van der Waals surface area contributed by atoms with Gasteiger partial charge in [-0.3, -0.25) is 0 Å². The third-order valence-corrected chi connectivity index (χ3v) is 2.55. The quantitative estimate of drug-likeness (QED) is 0.798. The molecular weight excluding hydrogens is 232 g/mol. The number of hydrogen-bond donors (Lipinski definition) is 2. The van der Waals surface area contributed by atoms with E-state index in [4.69, 9.17) is 11.6 Å². The predicted molar refractivity (Wildman–Crippen MR) is 59.4 cm³/mol. The summed E-state index contributed by atoms with van der Waals surface area (Å²) in [7, 11) is 0. The smallest absolute Gasteiger partial charge is 0.339 e. The van der Waals surface area contributed by atoms with Gasteiger partial charge >= 0.3 is 5.97 Å². The second-order valence-corrected chi connectivity index (χ2v) is 3.67. The van der Waals surface area contributed by atoms with Gasteiger partial charge in [-0.1, -0.05) is 23.7 Å². The summed E-state index contributed by atoms with van der Waals surface area (Å²) in [5, 5.41) is 19.2. The van der Waals surface area contributed by atoms with E-state index in [2.05, 4.69) is 4.74 Å². The minimum absolute atomic E-state index is 0.0273. The van der Waals surface area contributed by atoms with Crippen LogP contribution in [0.1, 0.15) is 24.2 Å². The van der Waals surface area contributed by atoms with Gasteiger partial charge in [0.2, 0.25) is 0 Å². The van der Waals surface area contributed by atoms with Crippen molar-refractivity contribution in [1.82, 2.24) is 0 Å². The van der Waals surface area contributed by atoms with E-state index in [9.17, 15) is 15.0 Å². The lowest BCUT2D eigenvalue weighted by Crippen LogP contribution is -2.15. The molecule has 16 heavy (non-hydrogen) atoms. The molecule has 0 aliphatic rings. The molecule has 0 fully saturated rings. The van der Waals surface area contributed by atoms with Crippen LogP contribution in [0.15, 0.2) is 12.1 Å². The standard InChI is InChI=1S/C11H13ClO4/c1-3-16-11(15)10(14)7-5-4-6(2)9(13)8(7)12/h4-5,10,13-14H,3H2,1-2H3. The summed E-state index contributed by atoms with van der Waals surface area (Å²) < 4.78 is 4.65. The number of halogens is 1. The van der Waals surface area contributed by atoms with Gasteiger partial charge in [0, 0.05) is 5.56 Å². The lowest BCUT2D eigenvalue weighted by atomic mass is 10.1. The lowest BCUT2D eigenvalue weighted by Gasteiger charge is -2.13. The first kappa shape index (κ1) is 12.8. The molecule has 0 bridgehead atoms. The number of rotatable bonds is 3. The molecular formula is C11H13ClO4. The monoisotopic (exact) mass is 244 g/mol. The van der Waals surface area contributed by atoms with E-state index in [1.54, 1.807) is 19.9 Å². The number of aliphatic hydroxyl groups is 1. The second kappa shape index (κ2) is 5.18. The van der Waals surface area contributed by atoms with Gasteiger partial charge in [0.15, 0.2) is 6.10 Å². The summed E-state index contributed by atoms with van der Waals surface area (Å²) in [5.74, 6) is -0.921. The number of phenolic OH excluding ortho intramolecular Hbond substituents is 1. The van der Waals surface area contributed by atoms with Gasteiger partial charge in [0.1, 0.15) is 5.75 Å². The van der Waals surface area contributed by atoms with Crippen LogP contribution in [0, 0.1) is 6.92 Å². The average Bonchev–Trinajstić information content (AvgIpc) is 2.26. The Bertz CT molecular complexity index is 403. The summed E-state index contributed by atoms with van der Waals surface area (Å²) >= 11 is 5.82. The maximum atomic E-state index is 11.3. The number of aliphatic hydroxyl groups excluding tert-OH is 1. The highest BCUT2D eigenvalue weighted by atomic mass is 35.5. The number of phenols is 1. The number of carbonyl (C=O) groups excluding carboxylic acids is 1. The number of carbonyl (C=O) groups is 1. The SMILES string of the molecule is CCOC(=O)C(O)c1ccc(C)c(O)c1Cl. The van der Waals surface area contributed by atoms with Crippen LogP contribution in [-0.2, 0) is 9.53 Å². The molecule has 0 saturated heterocycles. The van der Waals surface area contributed by atoms with Crippen LogP contribution in [0.3, 0.4) is 0 Å². The zero-order valence-electron chi connectivity index (χ0n) is 9.03. The molecule has 0 heterocycles. The van der Waals surface area contributed by atoms with Crippen molar-refractivity contribution < 1.29 is 19.7 Å². The Balaban J connectivity index is 3.05. The Morgan fingerprint density at radius 2 is 2.19 bits per heavy atom. The molecule has 0 aliphatic carbocycles. The lowest BCUT2D eigenvalue weighted by molar-refractivity contribution is -0.153.